The molecule has 2 aromatic rings. The van der Waals surface area contributed by atoms with Crippen LogP contribution in [-0.2, 0) is 0 Å². The summed E-state index contributed by atoms with van der Waals surface area (Å²) in [5.74, 6) is 0. The Balaban J connectivity index is 2.23. The molecule has 1 atom stereocenters. The molecule has 1 nitrogen and oxygen atoms in total. The fraction of sp³-hybridized carbons (Fsp3) is 0.143. The van der Waals surface area contributed by atoms with Gasteiger partial charge in [0.1, 0.15) is 0 Å². The predicted molar refractivity (Wildman–Crippen MR) is 72.7 cm³/mol. The van der Waals surface area contributed by atoms with Crippen LogP contribution in [0, 0.1) is 0 Å². The molecule has 1 N–H and O–H groups in total. The molecule has 17 heavy (non-hydrogen) atoms. The predicted octanol–water partition coefficient (Wildman–Crippen LogP) is 4.54. The van der Waals surface area contributed by atoms with Gasteiger partial charge in [0.05, 0.1) is 11.1 Å². The minimum Gasteiger partial charge on any atom is -0.389 e. The fourth-order valence-electron chi connectivity index (χ4n) is 1.48. The molecule has 0 aliphatic heterocycles. The second-order valence-corrected chi connectivity index (χ2v) is 5.30. The number of aliphatic hydroxyl groups is 1. The average molecular weight is 265 g/mol. The lowest BCUT2D eigenvalue weighted by molar-refractivity contribution is 0.199. The van der Waals surface area contributed by atoms with Gasteiger partial charge in [-0.25, -0.2) is 0 Å². The molecule has 2 aromatic carbocycles. The van der Waals surface area contributed by atoms with Gasteiger partial charge in [0.15, 0.2) is 0 Å². The zero-order valence-corrected chi connectivity index (χ0v) is 11.0. The molecule has 0 unspecified atom stereocenters. The van der Waals surface area contributed by atoms with E-state index < -0.39 is 6.10 Å². The van der Waals surface area contributed by atoms with E-state index in [0.717, 1.165) is 15.4 Å². The fourth-order valence-corrected chi connectivity index (χ4v) is 2.62. The Labute approximate surface area is 110 Å². The first-order chi connectivity index (χ1) is 8.16. The van der Waals surface area contributed by atoms with Crippen LogP contribution in [0.15, 0.2) is 58.3 Å². The highest BCUT2D eigenvalue weighted by molar-refractivity contribution is 7.99. The summed E-state index contributed by atoms with van der Waals surface area (Å²) in [5.41, 5.74) is 0.840. The van der Waals surface area contributed by atoms with Crippen LogP contribution in [0.2, 0.25) is 5.02 Å². The van der Waals surface area contributed by atoms with Crippen molar-refractivity contribution in [2.45, 2.75) is 22.8 Å². The van der Waals surface area contributed by atoms with Gasteiger partial charge in [-0.05, 0) is 36.8 Å². The molecule has 0 amide bonds. The van der Waals surface area contributed by atoms with Gasteiger partial charge >= 0.3 is 0 Å². The van der Waals surface area contributed by atoms with E-state index in [1.54, 1.807) is 18.7 Å². The molecular weight excluding hydrogens is 252 g/mol. The first-order valence-corrected chi connectivity index (χ1v) is 6.56. The Morgan fingerprint density at radius 1 is 1.12 bits per heavy atom. The number of hydrogen-bond donors (Lipinski definition) is 1. The highest BCUT2D eigenvalue weighted by Gasteiger charge is 2.06. The highest BCUT2D eigenvalue weighted by atomic mass is 35.5. The van der Waals surface area contributed by atoms with Crippen LogP contribution in [0.4, 0.5) is 0 Å². The van der Waals surface area contributed by atoms with E-state index in [4.69, 9.17) is 11.6 Å². The number of benzene rings is 2. The maximum Gasteiger partial charge on any atom is 0.0762 e. The van der Waals surface area contributed by atoms with Crippen molar-refractivity contribution in [3.8, 4) is 0 Å². The molecule has 3 heteroatoms. The van der Waals surface area contributed by atoms with Gasteiger partial charge in [0.25, 0.3) is 0 Å². The van der Waals surface area contributed by atoms with E-state index >= 15 is 0 Å². The summed E-state index contributed by atoms with van der Waals surface area (Å²) in [6, 6.07) is 15.7. The first-order valence-electron chi connectivity index (χ1n) is 5.37. The molecule has 0 aliphatic carbocycles. The molecule has 0 aromatic heterocycles. The third-order valence-corrected chi connectivity index (χ3v) is 3.92. The number of hydrogen-bond acceptors (Lipinski definition) is 2. The molecular formula is C14H13ClOS. The quantitative estimate of drug-likeness (QED) is 0.878. The van der Waals surface area contributed by atoms with Crippen molar-refractivity contribution < 1.29 is 5.11 Å². The standard InChI is InChI=1S/C14H13ClOS/c1-10(16)11-7-8-14(13(15)9-11)17-12-5-3-2-4-6-12/h2-10,16H,1H3/t10-/m1/s1. The van der Waals surface area contributed by atoms with Crippen molar-refractivity contribution in [1.82, 2.24) is 0 Å². The molecule has 2 rings (SSSR count). The van der Waals surface area contributed by atoms with Crippen LogP contribution in [0.1, 0.15) is 18.6 Å². The molecule has 0 bridgehead atoms. The van der Waals surface area contributed by atoms with Crippen LogP contribution in [0.5, 0.6) is 0 Å². The minimum atomic E-state index is -0.483. The topological polar surface area (TPSA) is 20.2 Å². The molecule has 88 valence electrons. The summed E-state index contributed by atoms with van der Waals surface area (Å²) in [4.78, 5) is 2.15. The lowest BCUT2D eigenvalue weighted by atomic mass is 10.1. The van der Waals surface area contributed by atoms with E-state index in [1.807, 2.05) is 48.5 Å². The van der Waals surface area contributed by atoms with Gasteiger partial charge in [-0.15, -0.1) is 0 Å². The lowest BCUT2D eigenvalue weighted by Crippen LogP contribution is -1.90. The molecule has 0 saturated carbocycles. The number of halogens is 1. The zero-order valence-electron chi connectivity index (χ0n) is 9.43. The van der Waals surface area contributed by atoms with Gasteiger partial charge in [0.2, 0.25) is 0 Å². The normalized spacial score (nSPS) is 12.4. The van der Waals surface area contributed by atoms with E-state index in [1.165, 1.54) is 0 Å². The maximum absolute atomic E-state index is 9.46. The summed E-state index contributed by atoms with van der Waals surface area (Å²) in [6.45, 7) is 1.73. The average Bonchev–Trinajstić information content (AvgIpc) is 2.33. The van der Waals surface area contributed by atoms with Gasteiger partial charge in [-0.3, -0.25) is 0 Å². The molecule has 0 spiro atoms. The van der Waals surface area contributed by atoms with Gasteiger partial charge in [0, 0.05) is 9.79 Å². The van der Waals surface area contributed by atoms with Gasteiger partial charge < -0.3 is 5.11 Å². The van der Waals surface area contributed by atoms with Crippen LogP contribution in [0.3, 0.4) is 0 Å². The van der Waals surface area contributed by atoms with Crippen LogP contribution >= 0.6 is 23.4 Å². The number of aliphatic hydroxyl groups excluding tert-OH is 1. The van der Waals surface area contributed by atoms with Gasteiger partial charge in [-0.1, -0.05) is 47.6 Å². The Kier molecular flexibility index (Phi) is 4.11. The Bertz CT molecular complexity index is 497. The van der Waals surface area contributed by atoms with Crippen molar-refractivity contribution >= 4 is 23.4 Å². The third-order valence-electron chi connectivity index (χ3n) is 2.41. The third kappa shape index (κ3) is 3.25. The Hall–Kier alpha value is -0.960. The monoisotopic (exact) mass is 264 g/mol. The van der Waals surface area contributed by atoms with Gasteiger partial charge in [-0.2, -0.15) is 0 Å². The van der Waals surface area contributed by atoms with Crippen molar-refractivity contribution in [1.29, 1.82) is 0 Å². The van der Waals surface area contributed by atoms with Crippen molar-refractivity contribution in [2.75, 3.05) is 0 Å². The molecule has 0 radical (unpaired) electrons. The van der Waals surface area contributed by atoms with E-state index in [9.17, 15) is 5.11 Å². The van der Waals surface area contributed by atoms with Crippen LogP contribution in [0.25, 0.3) is 0 Å². The number of rotatable bonds is 3. The Morgan fingerprint density at radius 3 is 2.41 bits per heavy atom. The van der Waals surface area contributed by atoms with Crippen LogP contribution in [-0.4, -0.2) is 5.11 Å². The van der Waals surface area contributed by atoms with Crippen LogP contribution < -0.4 is 0 Å². The van der Waals surface area contributed by atoms with E-state index in [0.29, 0.717) is 5.02 Å². The molecule has 0 fully saturated rings. The minimum absolute atomic E-state index is 0.483. The second-order valence-electron chi connectivity index (χ2n) is 3.78. The zero-order chi connectivity index (χ0) is 12.3. The SMILES string of the molecule is C[C@@H](O)c1ccc(Sc2ccccc2)c(Cl)c1. The Morgan fingerprint density at radius 2 is 1.82 bits per heavy atom. The summed E-state index contributed by atoms with van der Waals surface area (Å²) >= 11 is 7.81. The summed E-state index contributed by atoms with van der Waals surface area (Å²) in [5, 5.41) is 10.1. The summed E-state index contributed by atoms with van der Waals surface area (Å²) in [6.07, 6.45) is -0.483. The highest BCUT2D eigenvalue weighted by Crippen LogP contribution is 2.34. The lowest BCUT2D eigenvalue weighted by Gasteiger charge is -2.08. The van der Waals surface area contributed by atoms with Crippen molar-refractivity contribution in [3.63, 3.8) is 0 Å². The molecule has 0 aliphatic rings. The molecule has 0 saturated heterocycles. The first kappa shape index (κ1) is 12.5. The second kappa shape index (κ2) is 5.58. The largest absolute Gasteiger partial charge is 0.389 e. The summed E-state index contributed by atoms with van der Waals surface area (Å²) < 4.78 is 0. The summed E-state index contributed by atoms with van der Waals surface area (Å²) in [7, 11) is 0. The van der Waals surface area contributed by atoms with E-state index in [-0.39, 0.29) is 0 Å². The smallest absolute Gasteiger partial charge is 0.0762 e. The van der Waals surface area contributed by atoms with E-state index in [2.05, 4.69) is 0 Å². The van der Waals surface area contributed by atoms with Crippen molar-refractivity contribution in [3.05, 3.63) is 59.1 Å². The molecule has 0 heterocycles. The van der Waals surface area contributed by atoms with Crippen molar-refractivity contribution in [2.24, 2.45) is 0 Å². The maximum atomic E-state index is 9.46.